The molecule has 0 atom stereocenters. The molecule has 4 amide bonds. The van der Waals surface area contributed by atoms with Crippen molar-refractivity contribution in [1.29, 1.82) is 0 Å². The van der Waals surface area contributed by atoms with Gasteiger partial charge in [-0.3, -0.25) is 0 Å². The van der Waals surface area contributed by atoms with Crippen LogP contribution in [-0.2, 0) is 20.0 Å². The normalized spacial score (nSPS) is 11.5. The van der Waals surface area contributed by atoms with E-state index in [2.05, 4.69) is 16.0 Å². The van der Waals surface area contributed by atoms with E-state index in [-0.39, 0.29) is 46.0 Å². The Labute approximate surface area is 201 Å². The van der Waals surface area contributed by atoms with Crippen molar-refractivity contribution in [3.05, 3.63) is 58.6 Å². The van der Waals surface area contributed by atoms with Gasteiger partial charge in [-0.1, -0.05) is 35.3 Å². The van der Waals surface area contributed by atoms with E-state index in [1.165, 1.54) is 48.5 Å². The second-order valence-corrected chi connectivity index (χ2v) is 10.6. The van der Waals surface area contributed by atoms with Crippen LogP contribution in [0.1, 0.15) is 0 Å². The average Bonchev–Trinajstić information content (AvgIpc) is 2.72. The molecule has 33 heavy (non-hydrogen) atoms. The molecule has 0 unspecified atom stereocenters. The molecule has 0 spiro atoms. The van der Waals surface area contributed by atoms with E-state index in [0.717, 1.165) is 0 Å². The lowest BCUT2D eigenvalue weighted by Gasteiger charge is -2.11. The number of benzene rings is 2. The minimum Gasteiger partial charge on any atom is -0.336 e. The van der Waals surface area contributed by atoms with Crippen molar-refractivity contribution in [3.63, 3.8) is 0 Å². The predicted octanol–water partition coefficient (Wildman–Crippen LogP) is 1.26. The van der Waals surface area contributed by atoms with E-state index >= 15 is 0 Å². The lowest BCUT2D eigenvalue weighted by Crippen LogP contribution is -2.44. The third-order valence-electron chi connectivity index (χ3n) is 3.84. The van der Waals surface area contributed by atoms with Gasteiger partial charge in [-0.05, 0) is 36.4 Å². The standard InChI is InChI=1S/C18H21Cl2N5O6S2/c19-13-3-1-5-15(11-13)32(28,29)24-17(26)22-9-7-21-8-10-23-18(27)25-33(30,31)16-6-2-4-14(20)12-16/h1-6,11-12,21H,7-10H2,(H2,22,24,26)(H2,23,25,27). The van der Waals surface area contributed by atoms with E-state index in [9.17, 15) is 26.4 Å². The largest absolute Gasteiger partial charge is 0.336 e. The number of hydrogen-bond donors (Lipinski definition) is 5. The molecule has 0 aliphatic heterocycles. The zero-order chi connectivity index (χ0) is 24.5. The molecule has 0 radical (unpaired) electrons. The van der Waals surface area contributed by atoms with Crippen molar-refractivity contribution in [2.75, 3.05) is 26.2 Å². The Morgan fingerprint density at radius 1 is 0.667 bits per heavy atom. The number of halogens is 2. The van der Waals surface area contributed by atoms with Gasteiger partial charge in [-0.25, -0.2) is 35.9 Å². The Kier molecular flexibility index (Phi) is 9.73. The molecular weight excluding hydrogens is 517 g/mol. The van der Waals surface area contributed by atoms with Gasteiger partial charge < -0.3 is 16.0 Å². The molecule has 2 aromatic carbocycles. The van der Waals surface area contributed by atoms with Crippen LogP contribution in [0.3, 0.4) is 0 Å². The Hall–Kier alpha value is -2.58. The first-order valence-corrected chi connectivity index (χ1v) is 13.0. The Morgan fingerprint density at radius 2 is 1.06 bits per heavy atom. The van der Waals surface area contributed by atoms with Crippen molar-refractivity contribution in [3.8, 4) is 0 Å². The first-order chi connectivity index (χ1) is 15.5. The zero-order valence-electron chi connectivity index (χ0n) is 17.0. The summed E-state index contributed by atoms with van der Waals surface area (Å²) in [5, 5.41) is 8.03. The smallest absolute Gasteiger partial charge is 0.328 e. The number of nitrogens with one attached hydrogen (secondary N) is 5. The van der Waals surface area contributed by atoms with Gasteiger partial charge >= 0.3 is 12.1 Å². The van der Waals surface area contributed by atoms with Gasteiger partial charge in [0.2, 0.25) is 0 Å². The molecule has 15 heteroatoms. The van der Waals surface area contributed by atoms with Crippen LogP contribution >= 0.6 is 23.2 Å². The molecule has 0 bridgehead atoms. The fraction of sp³-hybridized carbons (Fsp3) is 0.222. The second kappa shape index (κ2) is 12.0. The maximum atomic E-state index is 12.1. The van der Waals surface area contributed by atoms with Gasteiger partial charge in [-0.2, -0.15) is 0 Å². The molecule has 2 aromatic rings. The van der Waals surface area contributed by atoms with Crippen LogP contribution in [0.15, 0.2) is 58.3 Å². The van der Waals surface area contributed by atoms with Crippen LogP contribution in [0.2, 0.25) is 10.0 Å². The summed E-state index contributed by atoms with van der Waals surface area (Å²) < 4.78 is 52.1. The third-order valence-corrected chi connectivity index (χ3v) is 6.97. The number of carbonyl (C=O) groups is 2. The fourth-order valence-electron chi connectivity index (χ4n) is 2.36. The Morgan fingerprint density at radius 3 is 1.42 bits per heavy atom. The van der Waals surface area contributed by atoms with Gasteiger partial charge in [0.05, 0.1) is 9.79 Å². The lowest BCUT2D eigenvalue weighted by atomic mass is 10.4. The molecule has 11 nitrogen and oxygen atoms in total. The molecule has 0 saturated heterocycles. The summed E-state index contributed by atoms with van der Waals surface area (Å²) in [6.45, 7) is 0.696. The topological polar surface area (TPSA) is 163 Å². The molecule has 0 aliphatic carbocycles. The van der Waals surface area contributed by atoms with Crippen molar-refractivity contribution in [2.24, 2.45) is 0 Å². The number of carbonyl (C=O) groups excluding carboxylic acids is 2. The van der Waals surface area contributed by atoms with E-state index in [1.807, 2.05) is 9.44 Å². The molecule has 180 valence electrons. The van der Waals surface area contributed by atoms with Gasteiger partial charge in [0.1, 0.15) is 0 Å². The molecule has 2 rings (SSSR count). The molecule has 0 aromatic heterocycles. The summed E-state index contributed by atoms with van der Waals surface area (Å²) in [7, 11) is -8.12. The SMILES string of the molecule is O=C(NCCNCCNC(=O)NS(=O)(=O)c1cccc(Cl)c1)NS(=O)(=O)c1cccc(Cl)c1. The minimum absolute atomic E-state index is 0.0895. The quantitative estimate of drug-likeness (QED) is 0.285. The first kappa shape index (κ1) is 26.7. The summed E-state index contributed by atoms with van der Waals surface area (Å²) in [4.78, 5) is 23.3. The van der Waals surface area contributed by atoms with Crippen LogP contribution < -0.4 is 25.4 Å². The van der Waals surface area contributed by atoms with E-state index in [0.29, 0.717) is 0 Å². The van der Waals surface area contributed by atoms with Gasteiger partial charge in [0, 0.05) is 36.2 Å². The number of sulfonamides is 2. The highest BCUT2D eigenvalue weighted by molar-refractivity contribution is 7.90. The summed E-state index contributed by atoms with van der Waals surface area (Å²) in [5.41, 5.74) is 0. The molecule has 5 N–H and O–H groups in total. The van der Waals surface area contributed by atoms with Crippen molar-refractivity contribution in [2.45, 2.75) is 9.79 Å². The third kappa shape index (κ3) is 9.06. The maximum Gasteiger partial charge on any atom is 0.328 e. The van der Waals surface area contributed by atoms with Gasteiger partial charge in [-0.15, -0.1) is 0 Å². The van der Waals surface area contributed by atoms with Gasteiger partial charge in [0.25, 0.3) is 20.0 Å². The summed E-state index contributed by atoms with van der Waals surface area (Å²) in [6.07, 6.45) is 0. The first-order valence-electron chi connectivity index (χ1n) is 9.33. The summed E-state index contributed by atoms with van der Waals surface area (Å²) in [6, 6.07) is 9.08. The minimum atomic E-state index is -4.06. The summed E-state index contributed by atoms with van der Waals surface area (Å²) >= 11 is 11.5. The number of urea groups is 2. The van der Waals surface area contributed by atoms with Crippen LogP contribution in [0.4, 0.5) is 9.59 Å². The molecule has 0 saturated carbocycles. The van der Waals surface area contributed by atoms with E-state index in [1.54, 1.807) is 0 Å². The predicted molar refractivity (Wildman–Crippen MR) is 123 cm³/mol. The number of hydrogen-bond acceptors (Lipinski definition) is 7. The maximum absolute atomic E-state index is 12.1. The van der Waals surface area contributed by atoms with Crippen LogP contribution in [-0.4, -0.2) is 55.1 Å². The average molecular weight is 538 g/mol. The van der Waals surface area contributed by atoms with E-state index < -0.39 is 32.1 Å². The highest BCUT2D eigenvalue weighted by Gasteiger charge is 2.18. The fourth-order valence-corrected chi connectivity index (χ4v) is 4.81. The zero-order valence-corrected chi connectivity index (χ0v) is 20.1. The lowest BCUT2D eigenvalue weighted by molar-refractivity contribution is 0.245. The Balaban J connectivity index is 1.63. The molecule has 0 aliphatic rings. The second-order valence-electron chi connectivity index (χ2n) is 6.39. The Bertz CT molecular complexity index is 1110. The van der Waals surface area contributed by atoms with E-state index in [4.69, 9.17) is 23.2 Å². The highest BCUT2D eigenvalue weighted by atomic mass is 35.5. The van der Waals surface area contributed by atoms with Gasteiger partial charge in [0.15, 0.2) is 0 Å². The number of rotatable bonds is 10. The highest BCUT2D eigenvalue weighted by Crippen LogP contribution is 2.15. The van der Waals surface area contributed by atoms with Crippen molar-refractivity contribution in [1.82, 2.24) is 25.4 Å². The molecular formula is C18H21Cl2N5O6S2. The van der Waals surface area contributed by atoms with Crippen molar-refractivity contribution >= 4 is 55.3 Å². The summed E-state index contributed by atoms with van der Waals surface area (Å²) in [5.74, 6) is 0. The van der Waals surface area contributed by atoms with Crippen LogP contribution in [0, 0.1) is 0 Å². The van der Waals surface area contributed by atoms with Crippen molar-refractivity contribution < 1.29 is 26.4 Å². The molecule has 0 fully saturated rings. The van der Waals surface area contributed by atoms with Crippen LogP contribution in [0.25, 0.3) is 0 Å². The van der Waals surface area contributed by atoms with Crippen LogP contribution in [0.5, 0.6) is 0 Å². The number of amides is 4. The monoisotopic (exact) mass is 537 g/mol. The molecule has 0 heterocycles.